The summed E-state index contributed by atoms with van der Waals surface area (Å²) in [6.07, 6.45) is 4.95. The van der Waals surface area contributed by atoms with Crippen molar-refractivity contribution >= 4 is 0 Å². The molecular formula is C15H26O3. The number of fused-ring (bicyclic) bond motifs is 1. The molecule has 0 unspecified atom stereocenters. The topological polar surface area (TPSA) is 60.7 Å². The minimum atomic E-state index is -0.299. The molecule has 0 aromatic rings. The van der Waals surface area contributed by atoms with Gasteiger partial charge in [-0.2, -0.15) is 0 Å². The van der Waals surface area contributed by atoms with Gasteiger partial charge in [0.05, 0.1) is 12.2 Å². The number of aliphatic hydroxyl groups excluding tert-OH is 3. The molecule has 3 N–H and O–H groups in total. The Morgan fingerprint density at radius 1 is 1.06 bits per heavy atom. The first-order valence-electron chi connectivity index (χ1n) is 7.33. The van der Waals surface area contributed by atoms with E-state index in [9.17, 15) is 15.3 Å². The largest absolute Gasteiger partial charge is 0.396 e. The highest BCUT2D eigenvalue weighted by molar-refractivity contribution is 5.14. The molecule has 3 fully saturated rings. The maximum atomic E-state index is 10.6. The van der Waals surface area contributed by atoms with Gasteiger partial charge in [-0.15, -0.1) is 0 Å². The van der Waals surface area contributed by atoms with Crippen molar-refractivity contribution in [2.24, 2.45) is 22.2 Å². The Morgan fingerprint density at radius 3 is 2.44 bits per heavy atom. The summed E-state index contributed by atoms with van der Waals surface area (Å²) >= 11 is 0. The van der Waals surface area contributed by atoms with Gasteiger partial charge in [-0.3, -0.25) is 0 Å². The lowest BCUT2D eigenvalue weighted by Crippen LogP contribution is -2.54. The van der Waals surface area contributed by atoms with E-state index in [1.165, 1.54) is 0 Å². The summed E-state index contributed by atoms with van der Waals surface area (Å²) < 4.78 is 0. The first-order chi connectivity index (χ1) is 8.36. The molecule has 0 saturated heterocycles. The number of rotatable bonds is 1. The Bertz CT molecular complexity index is 358. The monoisotopic (exact) mass is 254 g/mol. The van der Waals surface area contributed by atoms with Crippen LogP contribution in [-0.4, -0.2) is 34.1 Å². The molecule has 3 heteroatoms. The van der Waals surface area contributed by atoms with Crippen molar-refractivity contribution in [1.29, 1.82) is 0 Å². The Hall–Kier alpha value is -0.120. The van der Waals surface area contributed by atoms with Crippen LogP contribution >= 0.6 is 0 Å². The van der Waals surface area contributed by atoms with E-state index in [0.717, 1.165) is 38.5 Å². The molecule has 18 heavy (non-hydrogen) atoms. The summed E-state index contributed by atoms with van der Waals surface area (Å²) in [5, 5.41) is 30.6. The fourth-order valence-electron chi connectivity index (χ4n) is 5.55. The van der Waals surface area contributed by atoms with E-state index in [1.807, 2.05) is 0 Å². The molecule has 0 aromatic heterocycles. The number of hydrogen-bond donors (Lipinski definition) is 3. The predicted molar refractivity (Wildman–Crippen MR) is 68.9 cm³/mol. The van der Waals surface area contributed by atoms with Gasteiger partial charge < -0.3 is 15.3 Å². The van der Waals surface area contributed by atoms with Crippen molar-refractivity contribution < 1.29 is 15.3 Å². The number of aliphatic hydroxyl groups is 3. The Kier molecular flexibility index (Phi) is 2.66. The van der Waals surface area contributed by atoms with Gasteiger partial charge in [0, 0.05) is 12.0 Å². The van der Waals surface area contributed by atoms with Crippen molar-refractivity contribution in [1.82, 2.24) is 0 Å². The molecule has 0 heterocycles. The van der Waals surface area contributed by atoms with Crippen molar-refractivity contribution in [3.63, 3.8) is 0 Å². The Morgan fingerprint density at radius 2 is 1.78 bits per heavy atom. The van der Waals surface area contributed by atoms with Gasteiger partial charge in [-0.05, 0) is 55.3 Å². The highest BCUT2D eigenvalue weighted by Crippen LogP contribution is 2.68. The summed E-state index contributed by atoms with van der Waals surface area (Å²) in [6.45, 7) is 4.48. The van der Waals surface area contributed by atoms with E-state index >= 15 is 0 Å². The van der Waals surface area contributed by atoms with Gasteiger partial charge in [-0.1, -0.05) is 13.8 Å². The van der Waals surface area contributed by atoms with Crippen LogP contribution in [0.3, 0.4) is 0 Å². The maximum absolute atomic E-state index is 10.6. The minimum Gasteiger partial charge on any atom is -0.396 e. The second-order valence-corrected chi connectivity index (χ2v) is 7.74. The molecule has 3 aliphatic rings. The van der Waals surface area contributed by atoms with Crippen LogP contribution in [0.5, 0.6) is 0 Å². The molecule has 0 aliphatic heterocycles. The number of hydrogen-bond acceptors (Lipinski definition) is 3. The standard InChI is InChI=1S/C15H26O3/c1-13-5-3-10-14(2,9-16)7-12(18)15(10,8-13)6-4-11(13)17/h10-12,16-18H,3-9H2,1-2H3/t10-,11-,12-,13+,14-,15-/m0/s1. The zero-order valence-electron chi connectivity index (χ0n) is 11.5. The summed E-state index contributed by atoms with van der Waals surface area (Å²) in [5.74, 6) is 0.422. The van der Waals surface area contributed by atoms with Crippen LogP contribution < -0.4 is 0 Å². The normalized spacial score (nSPS) is 59.5. The van der Waals surface area contributed by atoms with E-state index < -0.39 is 0 Å². The zero-order chi connectivity index (χ0) is 13.2. The molecule has 0 radical (unpaired) electrons. The van der Waals surface area contributed by atoms with Crippen LogP contribution in [0.1, 0.15) is 52.4 Å². The van der Waals surface area contributed by atoms with Crippen LogP contribution in [0.25, 0.3) is 0 Å². The van der Waals surface area contributed by atoms with Crippen LogP contribution in [0, 0.1) is 22.2 Å². The Labute approximate surface area is 109 Å². The van der Waals surface area contributed by atoms with Crippen LogP contribution in [0.4, 0.5) is 0 Å². The van der Waals surface area contributed by atoms with E-state index in [-0.39, 0.29) is 35.1 Å². The fourth-order valence-corrected chi connectivity index (χ4v) is 5.55. The van der Waals surface area contributed by atoms with E-state index in [1.54, 1.807) is 0 Å². The second-order valence-electron chi connectivity index (χ2n) is 7.74. The third kappa shape index (κ3) is 1.41. The molecule has 6 atom stereocenters. The minimum absolute atomic E-state index is 0.0174. The molecule has 2 bridgehead atoms. The van der Waals surface area contributed by atoms with Crippen LogP contribution in [-0.2, 0) is 0 Å². The maximum Gasteiger partial charge on any atom is 0.0605 e. The molecule has 3 saturated carbocycles. The van der Waals surface area contributed by atoms with Crippen molar-refractivity contribution in [2.45, 2.75) is 64.6 Å². The molecule has 3 rings (SSSR count). The molecular weight excluding hydrogens is 228 g/mol. The van der Waals surface area contributed by atoms with E-state index in [0.29, 0.717) is 5.92 Å². The van der Waals surface area contributed by atoms with Crippen LogP contribution in [0.15, 0.2) is 0 Å². The molecule has 3 aliphatic carbocycles. The quantitative estimate of drug-likeness (QED) is 0.667. The Balaban J connectivity index is 1.99. The summed E-state index contributed by atoms with van der Waals surface area (Å²) in [7, 11) is 0. The SMILES string of the molecule is C[C@]12CC[C@H]3[C@](C)(CO)C[C@H](O)[C@@]3(CC[C@@H]1O)C2. The van der Waals surface area contributed by atoms with E-state index in [2.05, 4.69) is 13.8 Å². The van der Waals surface area contributed by atoms with Gasteiger partial charge in [0.15, 0.2) is 0 Å². The summed E-state index contributed by atoms with van der Waals surface area (Å²) in [6, 6.07) is 0. The van der Waals surface area contributed by atoms with Crippen molar-refractivity contribution in [3.05, 3.63) is 0 Å². The highest BCUT2D eigenvalue weighted by Gasteiger charge is 2.65. The predicted octanol–water partition coefficient (Wildman–Crippen LogP) is 1.70. The smallest absolute Gasteiger partial charge is 0.0605 e. The average molecular weight is 254 g/mol. The van der Waals surface area contributed by atoms with Gasteiger partial charge in [0.2, 0.25) is 0 Å². The van der Waals surface area contributed by atoms with Crippen molar-refractivity contribution in [2.75, 3.05) is 6.61 Å². The van der Waals surface area contributed by atoms with Crippen LogP contribution in [0.2, 0.25) is 0 Å². The lowest BCUT2D eigenvalue weighted by atomic mass is 9.49. The second kappa shape index (κ2) is 3.71. The molecule has 0 amide bonds. The van der Waals surface area contributed by atoms with Gasteiger partial charge >= 0.3 is 0 Å². The third-order valence-electron chi connectivity index (χ3n) is 6.64. The molecule has 104 valence electrons. The third-order valence-corrected chi connectivity index (χ3v) is 6.64. The lowest BCUT2D eigenvalue weighted by molar-refractivity contribution is -0.147. The van der Waals surface area contributed by atoms with Gasteiger partial charge in [0.25, 0.3) is 0 Å². The lowest BCUT2D eigenvalue weighted by Gasteiger charge is -2.57. The summed E-state index contributed by atoms with van der Waals surface area (Å²) in [4.78, 5) is 0. The fraction of sp³-hybridized carbons (Fsp3) is 1.00. The van der Waals surface area contributed by atoms with Crippen molar-refractivity contribution in [3.8, 4) is 0 Å². The average Bonchev–Trinajstić information content (AvgIpc) is 2.54. The van der Waals surface area contributed by atoms with E-state index in [4.69, 9.17) is 0 Å². The molecule has 0 aromatic carbocycles. The van der Waals surface area contributed by atoms with Gasteiger partial charge in [-0.25, -0.2) is 0 Å². The molecule has 1 spiro atoms. The highest BCUT2D eigenvalue weighted by atomic mass is 16.3. The first kappa shape index (κ1) is 12.9. The van der Waals surface area contributed by atoms with Gasteiger partial charge in [0.1, 0.15) is 0 Å². The first-order valence-corrected chi connectivity index (χ1v) is 7.33. The molecule has 3 nitrogen and oxygen atoms in total. The summed E-state index contributed by atoms with van der Waals surface area (Å²) in [5.41, 5.74) is -0.177. The zero-order valence-corrected chi connectivity index (χ0v) is 11.5.